The zero-order chi connectivity index (χ0) is 39.1. The van der Waals surface area contributed by atoms with Crippen LogP contribution in [0, 0.1) is 10.8 Å². The van der Waals surface area contributed by atoms with E-state index in [0.717, 1.165) is 0 Å². The van der Waals surface area contributed by atoms with Gasteiger partial charge in [-0.2, -0.15) is 0 Å². The van der Waals surface area contributed by atoms with Crippen molar-refractivity contribution in [3.8, 4) is 23.0 Å². The Hall–Kier alpha value is -5.47. The standard InChI is InChI=1S/C39H44N4O11/c1-37(2,3)35(46)51-25-8-11-28-31(22-25)53-32-23-26(52-36(47)38(4,5)6)9-12-29(32)39(28)30-21-24(7-10-27(30)34(45)54-39)33(44)41-13-15-48-17-19-50-20-18-49-16-14-42-43-40/h7-12,21-23H,13-20H2,1-6H3,(H,41,44). The van der Waals surface area contributed by atoms with E-state index in [4.69, 9.17) is 38.7 Å². The van der Waals surface area contributed by atoms with Crippen LogP contribution in [0.5, 0.6) is 23.0 Å². The number of azide groups is 1. The largest absolute Gasteiger partial charge is 0.456 e. The van der Waals surface area contributed by atoms with Crippen LogP contribution in [0.1, 0.15) is 78.9 Å². The molecule has 54 heavy (non-hydrogen) atoms. The molecular formula is C39H44N4O11. The highest BCUT2D eigenvalue weighted by molar-refractivity contribution is 6.00. The molecule has 5 rings (SSSR count). The summed E-state index contributed by atoms with van der Waals surface area (Å²) in [6.45, 7) is 12.8. The minimum Gasteiger partial charge on any atom is -0.456 e. The summed E-state index contributed by atoms with van der Waals surface area (Å²) in [4.78, 5) is 55.1. The number of fused-ring (bicyclic) bond motifs is 6. The molecule has 0 aliphatic carbocycles. The third kappa shape index (κ3) is 9.00. The van der Waals surface area contributed by atoms with Gasteiger partial charge in [0.05, 0.1) is 56.0 Å². The highest BCUT2D eigenvalue weighted by Crippen LogP contribution is 2.57. The molecule has 0 unspecified atom stereocenters. The molecule has 1 amide bonds. The first-order valence-corrected chi connectivity index (χ1v) is 17.5. The van der Waals surface area contributed by atoms with E-state index in [9.17, 15) is 19.2 Å². The van der Waals surface area contributed by atoms with Crippen LogP contribution >= 0.6 is 0 Å². The highest BCUT2D eigenvalue weighted by Gasteiger charge is 2.54. The summed E-state index contributed by atoms with van der Waals surface area (Å²) in [5.41, 5.74) is 6.93. The molecule has 3 aromatic rings. The SMILES string of the molecule is CC(C)(C)C(=O)Oc1ccc2c(c1)Oc1cc(OC(=O)C(C)(C)C)ccc1C21OC(=O)c2ccc(C(=O)NCCOCCOCCOCCN=[N+]=[N-])cc21. The van der Waals surface area contributed by atoms with Crippen LogP contribution < -0.4 is 19.5 Å². The van der Waals surface area contributed by atoms with E-state index in [-0.39, 0.29) is 53.8 Å². The topological polar surface area (TPSA) is 194 Å². The van der Waals surface area contributed by atoms with Crippen molar-refractivity contribution in [2.45, 2.75) is 47.1 Å². The lowest BCUT2D eigenvalue weighted by atomic mass is 9.77. The zero-order valence-corrected chi connectivity index (χ0v) is 31.2. The van der Waals surface area contributed by atoms with Crippen LogP contribution in [0.15, 0.2) is 59.7 Å². The highest BCUT2D eigenvalue weighted by atomic mass is 16.6. The Labute approximate surface area is 312 Å². The molecule has 1 spiro atoms. The van der Waals surface area contributed by atoms with Crippen LogP contribution in [-0.4, -0.2) is 76.5 Å². The monoisotopic (exact) mass is 744 g/mol. The molecule has 286 valence electrons. The van der Waals surface area contributed by atoms with Crippen LogP contribution in [0.4, 0.5) is 0 Å². The smallest absolute Gasteiger partial charge is 0.340 e. The van der Waals surface area contributed by atoms with Crippen molar-refractivity contribution in [2.24, 2.45) is 15.9 Å². The van der Waals surface area contributed by atoms with Crippen molar-refractivity contribution >= 4 is 23.8 Å². The number of rotatable bonds is 15. The average Bonchev–Trinajstić information content (AvgIpc) is 3.40. The number of amides is 1. The van der Waals surface area contributed by atoms with Crippen molar-refractivity contribution in [3.63, 3.8) is 0 Å². The van der Waals surface area contributed by atoms with Crippen LogP contribution in [0.25, 0.3) is 10.4 Å². The summed E-state index contributed by atoms with van der Waals surface area (Å²) in [5.74, 6) is -1.05. The molecule has 15 nitrogen and oxygen atoms in total. The predicted molar refractivity (Wildman–Crippen MR) is 194 cm³/mol. The number of nitrogens with one attached hydrogen (secondary N) is 1. The van der Waals surface area contributed by atoms with E-state index < -0.39 is 40.2 Å². The van der Waals surface area contributed by atoms with Crippen LogP contribution in [0.2, 0.25) is 0 Å². The summed E-state index contributed by atoms with van der Waals surface area (Å²) in [7, 11) is 0. The van der Waals surface area contributed by atoms with Gasteiger partial charge in [0.25, 0.3) is 5.91 Å². The average molecular weight is 745 g/mol. The molecule has 1 N–H and O–H groups in total. The molecule has 2 aliphatic heterocycles. The molecule has 3 aromatic carbocycles. The number of hydrogen-bond donors (Lipinski definition) is 1. The van der Waals surface area contributed by atoms with Crippen LogP contribution in [0.3, 0.4) is 0 Å². The van der Waals surface area contributed by atoms with Gasteiger partial charge in [0.15, 0.2) is 5.60 Å². The fourth-order valence-corrected chi connectivity index (χ4v) is 5.50. The van der Waals surface area contributed by atoms with Gasteiger partial charge in [-0.15, -0.1) is 0 Å². The second kappa shape index (κ2) is 16.7. The van der Waals surface area contributed by atoms with E-state index >= 15 is 0 Å². The fraction of sp³-hybridized carbons (Fsp3) is 0.436. The van der Waals surface area contributed by atoms with E-state index in [1.165, 1.54) is 12.1 Å². The number of esters is 3. The Morgan fingerprint density at radius 1 is 0.741 bits per heavy atom. The maximum absolute atomic E-state index is 13.5. The van der Waals surface area contributed by atoms with Crippen molar-refractivity contribution in [1.82, 2.24) is 5.32 Å². The third-order valence-electron chi connectivity index (χ3n) is 8.33. The first-order valence-electron chi connectivity index (χ1n) is 17.5. The van der Waals surface area contributed by atoms with Gasteiger partial charge in [0, 0.05) is 52.4 Å². The van der Waals surface area contributed by atoms with Crippen molar-refractivity contribution in [1.29, 1.82) is 0 Å². The molecule has 0 radical (unpaired) electrons. The minimum absolute atomic E-state index is 0.210. The molecule has 0 bridgehead atoms. The number of nitrogens with zero attached hydrogens (tertiary/aromatic N) is 3. The zero-order valence-electron chi connectivity index (χ0n) is 31.2. The number of carbonyl (C=O) groups is 4. The molecule has 0 fully saturated rings. The lowest BCUT2D eigenvalue weighted by molar-refractivity contribution is -0.143. The van der Waals surface area contributed by atoms with Gasteiger partial charge < -0.3 is 38.5 Å². The van der Waals surface area contributed by atoms with Crippen molar-refractivity contribution in [2.75, 3.05) is 52.7 Å². The molecule has 2 aliphatic rings. The van der Waals surface area contributed by atoms with E-state index in [1.807, 2.05) is 0 Å². The number of hydrogen-bond acceptors (Lipinski definition) is 12. The van der Waals surface area contributed by atoms with Gasteiger partial charge in [-0.1, -0.05) is 5.11 Å². The van der Waals surface area contributed by atoms with Crippen LogP contribution in [-0.2, 0) is 34.1 Å². The first-order chi connectivity index (χ1) is 25.6. The molecule has 0 atom stereocenters. The summed E-state index contributed by atoms with van der Waals surface area (Å²) in [6, 6.07) is 14.3. The second-order valence-electron chi connectivity index (χ2n) is 14.6. The Morgan fingerprint density at radius 3 is 1.81 bits per heavy atom. The summed E-state index contributed by atoms with van der Waals surface area (Å²) in [6.07, 6.45) is 0. The fourth-order valence-electron chi connectivity index (χ4n) is 5.50. The van der Waals surface area contributed by atoms with Gasteiger partial charge in [0.1, 0.15) is 23.0 Å². The molecule has 2 heterocycles. The van der Waals surface area contributed by atoms with Crippen molar-refractivity contribution in [3.05, 3.63) is 92.9 Å². The molecule has 0 saturated carbocycles. The van der Waals surface area contributed by atoms with E-state index in [1.54, 1.807) is 84.0 Å². The normalized spacial score (nSPS) is 13.8. The summed E-state index contributed by atoms with van der Waals surface area (Å²) >= 11 is 0. The minimum atomic E-state index is -1.57. The number of ether oxygens (including phenoxy) is 7. The quantitative estimate of drug-likeness (QED) is 0.0462. The third-order valence-corrected chi connectivity index (χ3v) is 8.33. The lowest BCUT2D eigenvalue weighted by Crippen LogP contribution is -2.34. The molecule has 0 saturated heterocycles. The number of benzene rings is 3. The predicted octanol–water partition coefficient (Wildman–Crippen LogP) is 6.25. The summed E-state index contributed by atoms with van der Waals surface area (Å²) < 4.78 is 40.2. The number of carbonyl (C=O) groups excluding carboxylic acids is 4. The Kier molecular flexibility index (Phi) is 12.3. The maximum atomic E-state index is 13.5. The first kappa shape index (κ1) is 39.7. The van der Waals surface area contributed by atoms with Gasteiger partial charge in [0.2, 0.25) is 0 Å². The molecule has 0 aromatic heterocycles. The van der Waals surface area contributed by atoms with Gasteiger partial charge in [-0.05, 0) is 89.5 Å². The molecular weight excluding hydrogens is 700 g/mol. The lowest BCUT2D eigenvalue weighted by Gasteiger charge is -2.37. The Balaban J connectivity index is 1.36. The Bertz CT molecular complexity index is 1880. The summed E-state index contributed by atoms with van der Waals surface area (Å²) in [5, 5.41) is 6.22. The van der Waals surface area contributed by atoms with Gasteiger partial charge in [-0.25, -0.2) is 4.79 Å². The second-order valence-corrected chi connectivity index (χ2v) is 14.6. The van der Waals surface area contributed by atoms with Crippen molar-refractivity contribution < 1.29 is 52.3 Å². The maximum Gasteiger partial charge on any atom is 0.340 e. The molecule has 15 heteroatoms. The van der Waals surface area contributed by atoms with E-state index in [0.29, 0.717) is 49.7 Å². The Morgan fingerprint density at radius 2 is 1.28 bits per heavy atom. The van der Waals surface area contributed by atoms with Gasteiger partial charge in [-0.3, -0.25) is 14.4 Å². The van der Waals surface area contributed by atoms with E-state index in [2.05, 4.69) is 15.3 Å². The van der Waals surface area contributed by atoms with Gasteiger partial charge >= 0.3 is 17.9 Å².